The standard InChI is InChI=1S/C12H14ClFO3/c1-2-3-9(12(16)17)11(15)8-5-4-7(14)6-10(8)13/h4-6,9,11,15H,2-3H2,1H3,(H,16,17). The molecule has 17 heavy (non-hydrogen) atoms. The average Bonchev–Trinajstić information content (AvgIpc) is 2.24. The molecular weight excluding hydrogens is 247 g/mol. The molecule has 0 aliphatic carbocycles. The molecule has 2 atom stereocenters. The Morgan fingerprint density at radius 2 is 2.18 bits per heavy atom. The van der Waals surface area contributed by atoms with Crippen LogP contribution in [0, 0.1) is 11.7 Å². The lowest BCUT2D eigenvalue weighted by Gasteiger charge is -2.19. The fourth-order valence-corrected chi connectivity index (χ4v) is 1.96. The van der Waals surface area contributed by atoms with Crippen molar-refractivity contribution in [3.63, 3.8) is 0 Å². The van der Waals surface area contributed by atoms with Crippen LogP contribution in [0.5, 0.6) is 0 Å². The minimum Gasteiger partial charge on any atom is -0.481 e. The lowest BCUT2D eigenvalue weighted by atomic mass is 9.92. The molecule has 0 saturated heterocycles. The summed E-state index contributed by atoms with van der Waals surface area (Å²) in [5.41, 5.74) is 0.244. The van der Waals surface area contributed by atoms with Crippen molar-refractivity contribution >= 4 is 17.6 Å². The second-order valence-corrected chi connectivity index (χ2v) is 4.25. The Morgan fingerprint density at radius 1 is 1.53 bits per heavy atom. The number of hydrogen-bond acceptors (Lipinski definition) is 2. The number of rotatable bonds is 5. The fourth-order valence-electron chi connectivity index (χ4n) is 1.69. The van der Waals surface area contributed by atoms with E-state index in [-0.39, 0.29) is 10.6 Å². The lowest BCUT2D eigenvalue weighted by molar-refractivity contribution is -0.146. The van der Waals surface area contributed by atoms with Crippen molar-refractivity contribution in [2.45, 2.75) is 25.9 Å². The Bertz CT molecular complexity index is 409. The van der Waals surface area contributed by atoms with Crippen molar-refractivity contribution in [1.82, 2.24) is 0 Å². The largest absolute Gasteiger partial charge is 0.481 e. The Hall–Kier alpha value is -1.13. The Kier molecular flexibility index (Phi) is 4.90. The van der Waals surface area contributed by atoms with Crippen LogP contribution < -0.4 is 0 Å². The molecule has 3 nitrogen and oxygen atoms in total. The summed E-state index contributed by atoms with van der Waals surface area (Å²) in [7, 11) is 0. The predicted octanol–water partition coefficient (Wildman–Crippen LogP) is 3.01. The van der Waals surface area contributed by atoms with Gasteiger partial charge in [0.25, 0.3) is 0 Å². The normalized spacial score (nSPS) is 14.4. The number of hydrogen-bond donors (Lipinski definition) is 2. The Morgan fingerprint density at radius 3 is 2.65 bits per heavy atom. The van der Waals surface area contributed by atoms with Crippen molar-refractivity contribution in [2.75, 3.05) is 0 Å². The van der Waals surface area contributed by atoms with E-state index in [1.165, 1.54) is 6.07 Å². The van der Waals surface area contributed by atoms with E-state index in [0.717, 1.165) is 12.1 Å². The number of carboxylic acids is 1. The van der Waals surface area contributed by atoms with Gasteiger partial charge in [-0.3, -0.25) is 4.79 Å². The van der Waals surface area contributed by atoms with Gasteiger partial charge in [0.05, 0.1) is 12.0 Å². The average molecular weight is 261 g/mol. The van der Waals surface area contributed by atoms with Crippen molar-refractivity contribution in [2.24, 2.45) is 5.92 Å². The molecule has 0 radical (unpaired) electrons. The number of aliphatic hydroxyl groups is 1. The van der Waals surface area contributed by atoms with Gasteiger partial charge in [0.1, 0.15) is 5.82 Å². The van der Waals surface area contributed by atoms with Crippen LogP contribution in [0.1, 0.15) is 31.4 Å². The molecule has 0 spiro atoms. The highest BCUT2D eigenvalue weighted by atomic mass is 35.5. The number of benzene rings is 1. The van der Waals surface area contributed by atoms with Crippen molar-refractivity contribution < 1.29 is 19.4 Å². The molecule has 0 bridgehead atoms. The van der Waals surface area contributed by atoms with Gasteiger partial charge in [0.15, 0.2) is 0 Å². The maximum Gasteiger partial charge on any atom is 0.309 e. The summed E-state index contributed by atoms with van der Waals surface area (Å²) in [4.78, 5) is 11.0. The minimum atomic E-state index is -1.22. The van der Waals surface area contributed by atoms with E-state index in [1.807, 2.05) is 6.92 Å². The number of aliphatic hydroxyl groups excluding tert-OH is 1. The molecule has 0 aromatic heterocycles. The van der Waals surface area contributed by atoms with Crippen LogP contribution in [0.25, 0.3) is 0 Å². The van der Waals surface area contributed by atoms with Crippen LogP contribution in [0.2, 0.25) is 5.02 Å². The summed E-state index contributed by atoms with van der Waals surface area (Å²) < 4.78 is 12.8. The zero-order valence-corrected chi connectivity index (χ0v) is 10.1. The molecule has 0 fully saturated rings. The molecule has 94 valence electrons. The Balaban J connectivity index is 3.00. The highest BCUT2D eigenvalue weighted by molar-refractivity contribution is 6.31. The summed E-state index contributed by atoms with van der Waals surface area (Å²) in [6, 6.07) is 3.52. The third kappa shape index (κ3) is 3.41. The molecule has 1 aromatic carbocycles. The summed E-state index contributed by atoms with van der Waals surface area (Å²) >= 11 is 5.78. The van der Waals surface area contributed by atoms with E-state index in [9.17, 15) is 14.3 Å². The molecular formula is C12H14ClFO3. The van der Waals surface area contributed by atoms with Gasteiger partial charge >= 0.3 is 5.97 Å². The number of carbonyl (C=O) groups is 1. The maximum absolute atomic E-state index is 12.8. The number of carboxylic acid groups (broad SMARTS) is 1. The first-order valence-corrected chi connectivity index (χ1v) is 5.71. The number of aliphatic carboxylic acids is 1. The van der Waals surface area contributed by atoms with Gasteiger partial charge in [-0.15, -0.1) is 0 Å². The minimum absolute atomic E-state index is 0.0415. The van der Waals surface area contributed by atoms with Gasteiger partial charge in [-0.2, -0.15) is 0 Å². The second kappa shape index (κ2) is 5.98. The van der Waals surface area contributed by atoms with E-state index in [4.69, 9.17) is 16.7 Å². The molecule has 0 heterocycles. The Labute approximate surface area is 104 Å². The third-order valence-electron chi connectivity index (χ3n) is 2.58. The monoisotopic (exact) mass is 260 g/mol. The van der Waals surface area contributed by atoms with Gasteiger partial charge in [0.2, 0.25) is 0 Å². The molecule has 0 saturated carbocycles. The van der Waals surface area contributed by atoms with Crippen LogP contribution in [0.4, 0.5) is 4.39 Å². The van der Waals surface area contributed by atoms with Crippen LogP contribution in [0.15, 0.2) is 18.2 Å². The first-order valence-electron chi connectivity index (χ1n) is 5.33. The molecule has 2 N–H and O–H groups in total. The van der Waals surface area contributed by atoms with E-state index >= 15 is 0 Å². The van der Waals surface area contributed by atoms with E-state index in [2.05, 4.69) is 0 Å². The maximum atomic E-state index is 12.8. The van der Waals surface area contributed by atoms with E-state index in [0.29, 0.717) is 12.8 Å². The molecule has 0 aliphatic heterocycles. The second-order valence-electron chi connectivity index (χ2n) is 3.84. The van der Waals surface area contributed by atoms with Gasteiger partial charge in [-0.25, -0.2) is 4.39 Å². The zero-order valence-electron chi connectivity index (χ0n) is 9.36. The fraction of sp³-hybridized carbons (Fsp3) is 0.417. The third-order valence-corrected chi connectivity index (χ3v) is 2.91. The van der Waals surface area contributed by atoms with Gasteiger partial charge < -0.3 is 10.2 Å². The van der Waals surface area contributed by atoms with Crippen LogP contribution in [-0.2, 0) is 4.79 Å². The van der Waals surface area contributed by atoms with Crippen molar-refractivity contribution in [1.29, 1.82) is 0 Å². The first kappa shape index (κ1) is 13.9. The molecule has 1 aromatic rings. The van der Waals surface area contributed by atoms with Gasteiger partial charge in [-0.05, 0) is 18.6 Å². The van der Waals surface area contributed by atoms with Crippen molar-refractivity contribution in [3.8, 4) is 0 Å². The van der Waals surface area contributed by atoms with E-state index < -0.39 is 23.8 Å². The quantitative estimate of drug-likeness (QED) is 0.856. The molecule has 0 aliphatic rings. The molecule has 1 rings (SSSR count). The van der Waals surface area contributed by atoms with Crippen LogP contribution >= 0.6 is 11.6 Å². The zero-order chi connectivity index (χ0) is 13.0. The number of halogens is 2. The smallest absolute Gasteiger partial charge is 0.309 e. The summed E-state index contributed by atoms with van der Waals surface area (Å²) in [6.07, 6.45) is -0.252. The summed E-state index contributed by atoms with van der Waals surface area (Å²) in [6.45, 7) is 1.83. The van der Waals surface area contributed by atoms with Crippen LogP contribution in [0.3, 0.4) is 0 Å². The molecule has 5 heteroatoms. The highest BCUT2D eigenvalue weighted by Crippen LogP contribution is 2.31. The highest BCUT2D eigenvalue weighted by Gasteiger charge is 2.28. The first-order chi connectivity index (χ1) is 7.97. The summed E-state index contributed by atoms with van der Waals surface area (Å²) in [5, 5.41) is 19.0. The van der Waals surface area contributed by atoms with Gasteiger partial charge in [-0.1, -0.05) is 31.0 Å². The molecule has 2 unspecified atom stereocenters. The molecule has 0 amide bonds. The lowest BCUT2D eigenvalue weighted by Crippen LogP contribution is -2.22. The SMILES string of the molecule is CCCC(C(=O)O)C(O)c1ccc(F)cc1Cl. The summed E-state index contributed by atoms with van der Waals surface area (Å²) in [5.74, 6) is -2.53. The predicted molar refractivity (Wildman–Crippen MR) is 62.4 cm³/mol. The van der Waals surface area contributed by atoms with Gasteiger partial charge in [0, 0.05) is 10.6 Å². The van der Waals surface area contributed by atoms with Crippen LogP contribution in [-0.4, -0.2) is 16.2 Å². The van der Waals surface area contributed by atoms with Crippen molar-refractivity contribution in [3.05, 3.63) is 34.6 Å². The topological polar surface area (TPSA) is 57.5 Å². The van der Waals surface area contributed by atoms with E-state index in [1.54, 1.807) is 0 Å².